The van der Waals surface area contributed by atoms with Gasteiger partial charge in [-0.15, -0.1) is 0 Å². The molecule has 1 heterocycles. The van der Waals surface area contributed by atoms with Crippen molar-refractivity contribution in [1.29, 1.82) is 0 Å². The first-order valence-electron chi connectivity index (χ1n) is 9.66. The van der Waals surface area contributed by atoms with E-state index in [4.69, 9.17) is 9.47 Å². The quantitative estimate of drug-likeness (QED) is 0.592. The molecular formula is C22H27N3O3. The van der Waals surface area contributed by atoms with Crippen LogP contribution >= 0.6 is 0 Å². The molecule has 6 nitrogen and oxygen atoms in total. The molecule has 2 aromatic rings. The van der Waals surface area contributed by atoms with Gasteiger partial charge >= 0.3 is 0 Å². The van der Waals surface area contributed by atoms with Gasteiger partial charge < -0.3 is 14.8 Å². The normalized spacial score (nSPS) is 16.6. The predicted molar refractivity (Wildman–Crippen MR) is 111 cm³/mol. The number of nitrogens with one attached hydrogen (secondary N) is 2. The standard InChI is InChI=1S/C22H27N3O3/c1-3-16-10-12-17(13-11-16)21(26)25-22(23-15-18-7-6-14-28-18)24-19-8-4-5-9-20(19)27-2/h4-5,8-13,18H,3,6-7,14-15H2,1-2H3,(H2,23,24,25,26)/t18-/m0/s1. The number of guanidine groups is 1. The van der Waals surface area contributed by atoms with Gasteiger partial charge in [0.05, 0.1) is 25.4 Å². The van der Waals surface area contributed by atoms with Gasteiger partial charge in [-0.3, -0.25) is 10.1 Å². The molecule has 0 radical (unpaired) electrons. The van der Waals surface area contributed by atoms with Gasteiger partial charge in [0.15, 0.2) is 0 Å². The Morgan fingerprint density at radius 2 is 2.00 bits per heavy atom. The second-order valence-electron chi connectivity index (χ2n) is 6.65. The lowest BCUT2D eigenvalue weighted by Gasteiger charge is -2.15. The van der Waals surface area contributed by atoms with E-state index < -0.39 is 0 Å². The van der Waals surface area contributed by atoms with Crippen LogP contribution in [0.2, 0.25) is 0 Å². The van der Waals surface area contributed by atoms with Crippen LogP contribution in [-0.2, 0) is 11.2 Å². The van der Waals surface area contributed by atoms with E-state index in [0.29, 0.717) is 23.8 Å². The minimum atomic E-state index is -0.212. The minimum absolute atomic E-state index is 0.0928. The molecule has 1 fully saturated rings. The van der Waals surface area contributed by atoms with Crippen molar-refractivity contribution in [2.24, 2.45) is 4.99 Å². The number of hydrogen-bond donors (Lipinski definition) is 2. The van der Waals surface area contributed by atoms with Gasteiger partial charge in [-0.25, -0.2) is 4.99 Å². The van der Waals surface area contributed by atoms with Gasteiger partial charge in [-0.05, 0) is 49.1 Å². The zero-order valence-corrected chi connectivity index (χ0v) is 16.4. The van der Waals surface area contributed by atoms with E-state index in [1.807, 2.05) is 48.5 Å². The highest BCUT2D eigenvalue weighted by molar-refractivity contribution is 6.10. The number of hydrogen-bond acceptors (Lipinski definition) is 4. The highest BCUT2D eigenvalue weighted by Crippen LogP contribution is 2.23. The number of rotatable bonds is 6. The molecule has 1 saturated heterocycles. The molecule has 1 aliphatic heterocycles. The molecule has 0 bridgehead atoms. The average molecular weight is 381 g/mol. The highest BCUT2D eigenvalue weighted by atomic mass is 16.5. The fourth-order valence-corrected chi connectivity index (χ4v) is 3.04. The maximum atomic E-state index is 12.7. The summed E-state index contributed by atoms with van der Waals surface area (Å²) in [6.07, 6.45) is 3.06. The second-order valence-corrected chi connectivity index (χ2v) is 6.65. The van der Waals surface area contributed by atoms with E-state index in [1.54, 1.807) is 7.11 Å². The van der Waals surface area contributed by atoms with Crippen molar-refractivity contribution in [2.45, 2.75) is 32.3 Å². The maximum Gasteiger partial charge on any atom is 0.257 e. The lowest BCUT2D eigenvalue weighted by atomic mass is 10.1. The van der Waals surface area contributed by atoms with Crippen molar-refractivity contribution < 1.29 is 14.3 Å². The van der Waals surface area contributed by atoms with Gasteiger partial charge in [-0.1, -0.05) is 31.2 Å². The Kier molecular flexibility index (Phi) is 7.03. The summed E-state index contributed by atoms with van der Waals surface area (Å²) >= 11 is 0. The molecule has 1 aliphatic rings. The molecule has 0 aromatic heterocycles. The SMILES string of the molecule is CCc1ccc(C(=O)NC(=NC[C@@H]2CCCO2)Nc2ccccc2OC)cc1. The first-order valence-corrected chi connectivity index (χ1v) is 9.66. The number of benzene rings is 2. The fraction of sp³-hybridized carbons (Fsp3) is 0.364. The van der Waals surface area contributed by atoms with Crippen LogP contribution in [0.15, 0.2) is 53.5 Å². The number of ether oxygens (including phenoxy) is 2. The Hall–Kier alpha value is -2.86. The third kappa shape index (κ3) is 5.33. The zero-order chi connectivity index (χ0) is 19.8. The number of amides is 1. The second kappa shape index (κ2) is 9.90. The van der Waals surface area contributed by atoms with Crippen molar-refractivity contribution in [2.75, 3.05) is 25.6 Å². The Morgan fingerprint density at radius 1 is 1.21 bits per heavy atom. The Labute approximate surface area is 166 Å². The molecule has 3 rings (SSSR count). The third-order valence-electron chi connectivity index (χ3n) is 4.69. The molecule has 28 heavy (non-hydrogen) atoms. The summed E-state index contributed by atoms with van der Waals surface area (Å²) in [7, 11) is 1.61. The van der Waals surface area contributed by atoms with Crippen LogP contribution in [0.4, 0.5) is 5.69 Å². The molecule has 2 aromatic carbocycles. The van der Waals surface area contributed by atoms with Crippen molar-refractivity contribution >= 4 is 17.6 Å². The van der Waals surface area contributed by atoms with Crippen LogP contribution in [0.25, 0.3) is 0 Å². The summed E-state index contributed by atoms with van der Waals surface area (Å²) in [5, 5.41) is 6.07. The molecule has 0 spiro atoms. The summed E-state index contributed by atoms with van der Waals surface area (Å²) in [4.78, 5) is 17.3. The van der Waals surface area contributed by atoms with Crippen molar-refractivity contribution in [3.8, 4) is 5.75 Å². The molecule has 1 atom stereocenters. The van der Waals surface area contributed by atoms with E-state index in [1.165, 1.54) is 5.56 Å². The number of methoxy groups -OCH3 is 1. The van der Waals surface area contributed by atoms with Crippen molar-refractivity contribution in [3.63, 3.8) is 0 Å². The van der Waals surface area contributed by atoms with E-state index in [9.17, 15) is 4.79 Å². The molecule has 1 amide bonds. The van der Waals surface area contributed by atoms with Gasteiger partial charge in [0.2, 0.25) is 5.96 Å². The smallest absolute Gasteiger partial charge is 0.257 e. The van der Waals surface area contributed by atoms with Crippen LogP contribution in [-0.4, -0.2) is 38.2 Å². The summed E-state index contributed by atoms with van der Waals surface area (Å²) in [6, 6.07) is 15.1. The number of aliphatic imine (C=N–C) groups is 1. The van der Waals surface area contributed by atoms with E-state index in [-0.39, 0.29) is 12.0 Å². The van der Waals surface area contributed by atoms with Crippen LogP contribution in [0.5, 0.6) is 5.75 Å². The minimum Gasteiger partial charge on any atom is -0.495 e. The van der Waals surface area contributed by atoms with Crippen LogP contribution in [0.1, 0.15) is 35.7 Å². The highest BCUT2D eigenvalue weighted by Gasteiger charge is 2.16. The topological polar surface area (TPSA) is 72.0 Å². The van der Waals surface area contributed by atoms with Gasteiger partial charge in [0.1, 0.15) is 5.75 Å². The van der Waals surface area contributed by atoms with Crippen molar-refractivity contribution in [3.05, 3.63) is 59.7 Å². The predicted octanol–water partition coefficient (Wildman–Crippen LogP) is 3.63. The number of para-hydroxylation sites is 2. The number of aryl methyl sites for hydroxylation is 1. The molecule has 0 saturated carbocycles. The Bertz CT molecular complexity index is 812. The fourth-order valence-electron chi connectivity index (χ4n) is 3.04. The van der Waals surface area contributed by atoms with Gasteiger partial charge in [0, 0.05) is 12.2 Å². The summed E-state index contributed by atoms with van der Waals surface area (Å²) < 4.78 is 11.0. The number of carbonyl (C=O) groups excluding carboxylic acids is 1. The lowest BCUT2D eigenvalue weighted by Crippen LogP contribution is -2.36. The number of anilines is 1. The first kappa shape index (κ1) is 19.9. The molecular weight excluding hydrogens is 354 g/mol. The largest absolute Gasteiger partial charge is 0.495 e. The maximum absolute atomic E-state index is 12.7. The van der Waals surface area contributed by atoms with Gasteiger partial charge in [0.25, 0.3) is 5.91 Å². The molecule has 0 aliphatic carbocycles. The lowest BCUT2D eigenvalue weighted by molar-refractivity contribution is 0.0975. The van der Waals surface area contributed by atoms with Gasteiger partial charge in [-0.2, -0.15) is 0 Å². The Morgan fingerprint density at radius 3 is 2.68 bits per heavy atom. The molecule has 2 N–H and O–H groups in total. The first-order chi connectivity index (χ1) is 13.7. The van der Waals surface area contributed by atoms with E-state index in [0.717, 1.165) is 31.6 Å². The van der Waals surface area contributed by atoms with E-state index in [2.05, 4.69) is 22.5 Å². The monoisotopic (exact) mass is 381 g/mol. The molecule has 6 heteroatoms. The van der Waals surface area contributed by atoms with Crippen molar-refractivity contribution in [1.82, 2.24) is 5.32 Å². The third-order valence-corrected chi connectivity index (χ3v) is 4.69. The zero-order valence-electron chi connectivity index (χ0n) is 16.4. The average Bonchev–Trinajstić information content (AvgIpc) is 3.26. The summed E-state index contributed by atoms with van der Waals surface area (Å²) in [6.45, 7) is 3.35. The Balaban J connectivity index is 1.76. The van der Waals surface area contributed by atoms with Crippen LogP contribution in [0, 0.1) is 0 Å². The summed E-state index contributed by atoms with van der Waals surface area (Å²) in [5.41, 5.74) is 2.51. The number of carbonyl (C=O) groups is 1. The molecule has 0 unspecified atom stereocenters. The van der Waals surface area contributed by atoms with Crippen LogP contribution < -0.4 is 15.4 Å². The number of nitrogens with zero attached hydrogens (tertiary/aromatic N) is 1. The van der Waals surface area contributed by atoms with E-state index >= 15 is 0 Å². The van der Waals surface area contributed by atoms with Crippen LogP contribution in [0.3, 0.4) is 0 Å². The summed E-state index contributed by atoms with van der Waals surface area (Å²) in [5.74, 6) is 0.842. The molecule has 148 valence electrons.